The van der Waals surface area contributed by atoms with Crippen molar-refractivity contribution >= 4 is 15.9 Å². The number of amides is 1. The van der Waals surface area contributed by atoms with Crippen molar-refractivity contribution in [3.8, 4) is 5.75 Å². The summed E-state index contributed by atoms with van der Waals surface area (Å²) in [4.78, 5) is 13.5. The van der Waals surface area contributed by atoms with Gasteiger partial charge in [-0.1, -0.05) is 24.3 Å². The number of benzene rings is 2. The number of ether oxygens (including phenoxy) is 1. The van der Waals surface area contributed by atoms with Gasteiger partial charge in [0.05, 0.1) is 4.90 Å². The maximum atomic E-state index is 12.6. The lowest BCUT2D eigenvalue weighted by Gasteiger charge is -2.26. The molecule has 2 aromatic rings. The van der Waals surface area contributed by atoms with Crippen molar-refractivity contribution in [2.45, 2.75) is 23.8 Å². The van der Waals surface area contributed by atoms with E-state index < -0.39 is 10.0 Å². The molecule has 0 bridgehead atoms. The largest absolute Gasteiger partial charge is 0.489 e. The van der Waals surface area contributed by atoms with Crippen molar-refractivity contribution in [3.63, 3.8) is 0 Å². The molecule has 3 rings (SSSR count). The maximum Gasteiger partial charge on any atom is 0.253 e. The Labute approximate surface area is 153 Å². The van der Waals surface area contributed by atoms with E-state index in [1.807, 2.05) is 24.3 Å². The molecular formula is C19H22N2O4S. The molecule has 1 heterocycles. The molecule has 6 nitrogen and oxygen atoms in total. The van der Waals surface area contributed by atoms with Gasteiger partial charge < -0.3 is 9.64 Å². The van der Waals surface area contributed by atoms with E-state index in [0.29, 0.717) is 5.56 Å². The molecule has 0 saturated carbocycles. The molecule has 26 heavy (non-hydrogen) atoms. The zero-order chi connectivity index (χ0) is 18.7. The highest BCUT2D eigenvalue weighted by Crippen LogP contribution is 2.27. The van der Waals surface area contributed by atoms with E-state index in [9.17, 15) is 13.2 Å². The Bertz CT molecular complexity index is 909. The summed E-state index contributed by atoms with van der Waals surface area (Å²) in [6.07, 6.45) is 1.39. The maximum absolute atomic E-state index is 12.6. The number of nitrogens with zero attached hydrogens (tertiary/aromatic N) is 1. The monoisotopic (exact) mass is 374 g/mol. The van der Waals surface area contributed by atoms with Crippen LogP contribution >= 0.6 is 0 Å². The lowest BCUT2D eigenvalue weighted by molar-refractivity contribution is 0.0827. The molecular weight excluding hydrogens is 352 g/mol. The van der Waals surface area contributed by atoms with E-state index in [1.165, 1.54) is 17.0 Å². The summed E-state index contributed by atoms with van der Waals surface area (Å²) in [5.74, 6) is 0.566. The average molecular weight is 374 g/mol. The SMILES string of the molecule is CN(C)C(=O)c1cccc(S(=O)(=O)NC[C@H]2CCc3ccccc3O2)c1. The van der Waals surface area contributed by atoms with Crippen LogP contribution in [0.1, 0.15) is 22.3 Å². The Balaban J connectivity index is 1.68. The standard InChI is InChI=1S/C19H22N2O4S/c1-21(2)19(22)15-7-5-8-17(12-15)26(23,24)20-13-16-11-10-14-6-3-4-9-18(14)25-16/h3-9,12,16,20H,10-11,13H2,1-2H3/t16-/m1/s1. The highest BCUT2D eigenvalue weighted by molar-refractivity contribution is 7.89. The second-order valence-corrected chi connectivity index (χ2v) is 8.23. The molecule has 1 aliphatic heterocycles. The summed E-state index contributed by atoms with van der Waals surface area (Å²) in [5.41, 5.74) is 1.47. The van der Waals surface area contributed by atoms with Crippen LogP contribution < -0.4 is 9.46 Å². The van der Waals surface area contributed by atoms with Crippen molar-refractivity contribution in [1.29, 1.82) is 0 Å². The molecule has 0 radical (unpaired) electrons. The molecule has 2 aromatic carbocycles. The van der Waals surface area contributed by atoms with Gasteiger partial charge in [-0.25, -0.2) is 13.1 Å². The molecule has 138 valence electrons. The van der Waals surface area contributed by atoms with Crippen LogP contribution in [0.3, 0.4) is 0 Å². The van der Waals surface area contributed by atoms with Crippen LogP contribution in [0.2, 0.25) is 0 Å². The van der Waals surface area contributed by atoms with Gasteiger partial charge in [0.15, 0.2) is 0 Å². The van der Waals surface area contributed by atoms with Crippen LogP contribution in [0.25, 0.3) is 0 Å². The Hall–Kier alpha value is -2.38. The van der Waals surface area contributed by atoms with E-state index in [1.54, 1.807) is 26.2 Å². The first kappa shape index (κ1) is 18.4. The van der Waals surface area contributed by atoms with Crippen LogP contribution in [0.5, 0.6) is 5.75 Å². The summed E-state index contributed by atoms with van der Waals surface area (Å²) < 4.78 is 33.6. The van der Waals surface area contributed by atoms with Crippen LogP contribution in [0.4, 0.5) is 0 Å². The number of nitrogens with one attached hydrogen (secondary N) is 1. The van der Waals surface area contributed by atoms with Gasteiger partial charge in [-0.15, -0.1) is 0 Å². The van der Waals surface area contributed by atoms with E-state index in [2.05, 4.69) is 4.72 Å². The number of aryl methyl sites for hydroxylation is 1. The first-order valence-corrected chi connectivity index (χ1v) is 9.91. The fourth-order valence-electron chi connectivity index (χ4n) is 2.86. The molecule has 1 amide bonds. The lowest BCUT2D eigenvalue weighted by Crippen LogP contribution is -2.37. The highest BCUT2D eigenvalue weighted by Gasteiger charge is 2.23. The van der Waals surface area contributed by atoms with Crippen molar-refractivity contribution < 1.29 is 17.9 Å². The second-order valence-electron chi connectivity index (χ2n) is 6.47. The van der Waals surface area contributed by atoms with Crippen LogP contribution in [-0.2, 0) is 16.4 Å². The Morgan fingerprint density at radius 3 is 2.73 bits per heavy atom. The molecule has 1 N–H and O–H groups in total. The van der Waals surface area contributed by atoms with Crippen LogP contribution in [0.15, 0.2) is 53.4 Å². The first-order chi connectivity index (χ1) is 12.4. The topological polar surface area (TPSA) is 75.7 Å². The van der Waals surface area contributed by atoms with Gasteiger partial charge in [0.2, 0.25) is 10.0 Å². The number of hydrogen-bond donors (Lipinski definition) is 1. The molecule has 7 heteroatoms. The summed E-state index contributed by atoms with van der Waals surface area (Å²) in [6, 6.07) is 13.8. The predicted molar refractivity (Wildman–Crippen MR) is 98.8 cm³/mol. The summed E-state index contributed by atoms with van der Waals surface area (Å²) in [5, 5.41) is 0. The third-order valence-electron chi connectivity index (χ3n) is 4.30. The number of fused-ring (bicyclic) bond motifs is 1. The molecule has 0 aromatic heterocycles. The fourth-order valence-corrected chi connectivity index (χ4v) is 3.98. The lowest BCUT2D eigenvalue weighted by atomic mass is 10.0. The Morgan fingerprint density at radius 1 is 1.19 bits per heavy atom. The first-order valence-electron chi connectivity index (χ1n) is 8.43. The van der Waals surface area contributed by atoms with E-state index in [4.69, 9.17) is 4.74 Å². The quantitative estimate of drug-likeness (QED) is 0.869. The second kappa shape index (κ2) is 7.47. The molecule has 0 aliphatic carbocycles. The zero-order valence-electron chi connectivity index (χ0n) is 14.8. The van der Waals surface area contributed by atoms with E-state index in [-0.39, 0.29) is 23.5 Å². The number of hydrogen-bond acceptors (Lipinski definition) is 4. The van der Waals surface area contributed by atoms with Crippen LogP contribution in [-0.4, -0.2) is 46.0 Å². The van der Waals surface area contributed by atoms with Gasteiger partial charge >= 0.3 is 0 Å². The van der Waals surface area contributed by atoms with Crippen molar-refractivity contribution in [2.75, 3.05) is 20.6 Å². The van der Waals surface area contributed by atoms with Gasteiger partial charge in [-0.05, 0) is 42.7 Å². The van der Waals surface area contributed by atoms with Crippen molar-refractivity contribution in [2.24, 2.45) is 0 Å². The third-order valence-corrected chi connectivity index (χ3v) is 5.72. The number of para-hydroxylation sites is 1. The molecule has 0 fully saturated rings. The smallest absolute Gasteiger partial charge is 0.253 e. The Kier molecular flexibility index (Phi) is 5.29. The van der Waals surface area contributed by atoms with Crippen molar-refractivity contribution in [1.82, 2.24) is 9.62 Å². The third kappa shape index (κ3) is 4.05. The highest BCUT2D eigenvalue weighted by atomic mass is 32.2. The number of carbonyl (C=O) groups is 1. The Morgan fingerprint density at radius 2 is 1.96 bits per heavy atom. The van der Waals surface area contributed by atoms with Gasteiger partial charge in [0, 0.05) is 26.2 Å². The molecule has 0 spiro atoms. The van der Waals surface area contributed by atoms with Crippen LogP contribution in [0, 0.1) is 0 Å². The minimum atomic E-state index is -3.72. The predicted octanol–water partition coefficient (Wildman–Crippen LogP) is 2.06. The number of rotatable bonds is 5. The van der Waals surface area contributed by atoms with Gasteiger partial charge in [-0.3, -0.25) is 4.79 Å². The van der Waals surface area contributed by atoms with Crippen molar-refractivity contribution in [3.05, 3.63) is 59.7 Å². The average Bonchev–Trinajstić information content (AvgIpc) is 2.65. The van der Waals surface area contributed by atoms with Gasteiger partial charge in [0.25, 0.3) is 5.91 Å². The van der Waals surface area contributed by atoms with Gasteiger partial charge in [-0.2, -0.15) is 0 Å². The number of carbonyl (C=O) groups excluding carboxylic acids is 1. The van der Waals surface area contributed by atoms with Gasteiger partial charge in [0.1, 0.15) is 11.9 Å². The minimum Gasteiger partial charge on any atom is -0.489 e. The zero-order valence-corrected chi connectivity index (χ0v) is 15.6. The molecule has 1 aliphatic rings. The summed E-state index contributed by atoms with van der Waals surface area (Å²) >= 11 is 0. The van der Waals surface area contributed by atoms with E-state index in [0.717, 1.165) is 24.2 Å². The van der Waals surface area contributed by atoms with E-state index >= 15 is 0 Å². The molecule has 0 unspecified atom stereocenters. The summed E-state index contributed by atoms with van der Waals surface area (Å²) in [6.45, 7) is 0.183. The number of sulfonamides is 1. The fraction of sp³-hybridized carbons (Fsp3) is 0.316. The summed E-state index contributed by atoms with van der Waals surface area (Å²) in [7, 11) is -0.469. The minimum absolute atomic E-state index is 0.0707. The molecule has 0 saturated heterocycles. The normalized spacial score (nSPS) is 16.5. The molecule has 1 atom stereocenters.